The van der Waals surface area contributed by atoms with Crippen LogP contribution >= 0.6 is 11.6 Å². The van der Waals surface area contributed by atoms with E-state index in [0.29, 0.717) is 28.6 Å². The van der Waals surface area contributed by atoms with Crippen molar-refractivity contribution in [2.24, 2.45) is 0 Å². The number of benzene rings is 1. The molecule has 6 nitrogen and oxygen atoms in total. The van der Waals surface area contributed by atoms with E-state index in [4.69, 9.17) is 21.1 Å². The average Bonchev–Trinajstić information content (AvgIpc) is 2.98. The van der Waals surface area contributed by atoms with Gasteiger partial charge in [0.2, 0.25) is 0 Å². The summed E-state index contributed by atoms with van der Waals surface area (Å²) in [6, 6.07) is 7.83. The van der Waals surface area contributed by atoms with Crippen LogP contribution in [0.1, 0.15) is 24.4 Å². The summed E-state index contributed by atoms with van der Waals surface area (Å²) in [5.41, 5.74) is 2.40. The van der Waals surface area contributed by atoms with Gasteiger partial charge in [-0.05, 0) is 24.6 Å². The second kappa shape index (κ2) is 6.52. The van der Waals surface area contributed by atoms with Crippen LogP contribution in [0.3, 0.4) is 0 Å². The molecule has 3 aromatic rings. The number of aromatic nitrogens is 4. The lowest BCUT2D eigenvalue weighted by atomic mass is 10.2. The van der Waals surface area contributed by atoms with E-state index in [1.54, 1.807) is 18.9 Å². The van der Waals surface area contributed by atoms with Gasteiger partial charge in [0.05, 0.1) is 19.9 Å². The smallest absolute Gasteiger partial charge is 0.161 e. The highest BCUT2D eigenvalue weighted by molar-refractivity contribution is 6.33. The lowest BCUT2D eigenvalue weighted by Gasteiger charge is -2.07. The van der Waals surface area contributed by atoms with Gasteiger partial charge in [0.25, 0.3) is 0 Å². The molecular formula is C16H17ClN4O2. The first kappa shape index (κ1) is 15.7. The van der Waals surface area contributed by atoms with Crippen LogP contribution in [0.2, 0.25) is 5.15 Å². The number of fused-ring (bicyclic) bond motifs is 1. The first-order chi connectivity index (χ1) is 11.1. The van der Waals surface area contributed by atoms with Gasteiger partial charge in [-0.1, -0.05) is 23.7 Å². The van der Waals surface area contributed by atoms with Gasteiger partial charge in [0, 0.05) is 7.11 Å². The molecule has 1 unspecified atom stereocenters. The number of methoxy groups -OCH3 is 2. The number of ether oxygens (including phenoxy) is 2. The molecule has 1 atom stereocenters. The molecule has 2 heterocycles. The van der Waals surface area contributed by atoms with Crippen LogP contribution < -0.4 is 4.74 Å². The summed E-state index contributed by atoms with van der Waals surface area (Å²) in [6.07, 6.45) is 1.64. The SMILES string of the molecule is COc1ccc(Cn2cc3nc(C(C)OC)nc(Cl)c3n2)cc1. The summed E-state index contributed by atoms with van der Waals surface area (Å²) in [5.74, 6) is 1.38. The Hall–Kier alpha value is -2.18. The molecule has 0 aliphatic heterocycles. The molecule has 0 aliphatic rings. The minimum Gasteiger partial charge on any atom is -0.497 e. The van der Waals surface area contributed by atoms with Crippen molar-refractivity contribution in [3.05, 3.63) is 47.0 Å². The molecule has 7 heteroatoms. The van der Waals surface area contributed by atoms with Crippen molar-refractivity contribution in [1.29, 1.82) is 0 Å². The van der Waals surface area contributed by atoms with Crippen LogP contribution in [-0.4, -0.2) is 34.0 Å². The summed E-state index contributed by atoms with van der Waals surface area (Å²) in [4.78, 5) is 8.72. The first-order valence-electron chi connectivity index (χ1n) is 7.17. The Morgan fingerprint density at radius 2 is 1.91 bits per heavy atom. The number of hydrogen-bond donors (Lipinski definition) is 0. The van der Waals surface area contributed by atoms with Crippen molar-refractivity contribution in [3.63, 3.8) is 0 Å². The second-order valence-electron chi connectivity index (χ2n) is 5.16. The van der Waals surface area contributed by atoms with E-state index in [1.165, 1.54) is 0 Å². The highest BCUT2D eigenvalue weighted by atomic mass is 35.5. The number of nitrogens with zero attached hydrogens (tertiary/aromatic N) is 4. The van der Waals surface area contributed by atoms with Crippen LogP contribution in [0.4, 0.5) is 0 Å². The van der Waals surface area contributed by atoms with E-state index in [1.807, 2.05) is 37.4 Å². The maximum Gasteiger partial charge on any atom is 0.161 e. The monoisotopic (exact) mass is 332 g/mol. The fourth-order valence-corrected chi connectivity index (χ4v) is 2.45. The van der Waals surface area contributed by atoms with Crippen molar-refractivity contribution >= 4 is 22.6 Å². The zero-order valence-electron chi connectivity index (χ0n) is 13.2. The molecule has 0 amide bonds. The molecule has 0 fully saturated rings. The normalized spacial score (nSPS) is 12.5. The molecule has 0 aliphatic carbocycles. The van der Waals surface area contributed by atoms with Crippen LogP contribution in [-0.2, 0) is 11.3 Å². The summed E-state index contributed by atoms with van der Waals surface area (Å²) in [5, 5.41) is 4.80. The lowest BCUT2D eigenvalue weighted by Crippen LogP contribution is -2.02. The van der Waals surface area contributed by atoms with Gasteiger partial charge >= 0.3 is 0 Å². The molecule has 0 bridgehead atoms. The van der Waals surface area contributed by atoms with Gasteiger partial charge < -0.3 is 9.47 Å². The topological polar surface area (TPSA) is 62.1 Å². The van der Waals surface area contributed by atoms with E-state index in [9.17, 15) is 0 Å². The molecule has 2 aromatic heterocycles. The summed E-state index contributed by atoms with van der Waals surface area (Å²) < 4.78 is 12.2. The van der Waals surface area contributed by atoms with Crippen LogP contribution in [0, 0.1) is 0 Å². The van der Waals surface area contributed by atoms with Gasteiger partial charge in [-0.2, -0.15) is 5.10 Å². The number of hydrogen-bond acceptors (Lipinski definition) is 5. The maximum atomic E-state index is 6.22. The standard InChI is InChI=1S/C16H17ClN4O2/c1-10(22-2)16-18-13-9-21(20-14(13)15(17)19-16)8-11-4-6-12(23-3)7-5-11/h4-7,9-10H,8H2,1-3H3. The fourth-order valence-electron chi connectivity index (χ4n) is 2.23. The third-order valence-corrected chi connectivity index (χ3v) is 3.87. The van der Waals surface area contributed by atoms with Crippen LogP contribution in [0.25, 0.3) is 11.0 Å². The highest BCUT2D eigenvalue weighted by Crippen LogP contribution is 2.22. The fraction of sp³-hybridized carbons (Fsp3) is 0.312. The zero-order valence-corrected chi connectivity index (χ0v) is 13.9. The quantitative estimate of drug-likeness (QED) is 0.671. The van der Waals surface area contributed by atoms with Crippen molar-refractivity contribution in [2.45, 2.75) is 19.6 Å². The first-order valence-corrected chi connectivity index (χ1v) is 7.55. The lowest BCUT2D eigenvalue weighted by molar-refractivity contribution is 0.112. The summed E-state index contributed by atoms with van der Waals surface area (Å²) >= 11 is 6.22. The Kier molecular flexibility index (Phi) is 4.45. The van der Waals surface area contributed by atoms with Gasteiger partial charge in [-0.3, -0.25) is 4.68 Å². The Labute approximate surface area is 139 Å². The molecule has 1 aromatic carbocycles. The third-order valence-electron chi connectivity index (χ3n) is 3.61. The second-order valence-corrected chi connectivity index (χ2v) is 5.52. The van der Waals surface area contributed by atoms with Crippen molar-refractivity contribution in [2.75, 3.05) is 14.2 Å². The van der Waals surface area contributed by atoms with E-state index >= 15 is 0 Å². The predicted molar refractivity (Wildman–Crippen MR) is 87.9 cm³/mol. The van der Waals surface area contributed by atoms with E-state index in [-0.39, 0.29) is 6.10 Å². The zero-order chi connectivity index (χ0) is 16.4. The molecule has 0 saturated heterocycles. The molecular weight excluding hydrogens is 316 g/mol. The average molecular weight is 333 g/mol. The highest BCUT2D eigenvalue weighted by Gasteiger charge is 2.14. The van der Waals surface area contributed by atoms with Crippen LogP contribution in [0.5, 0.6) is 5.75 Å². The van der Waals surface area contributed by atoms with Crippen LogP contribution in [0.15, 0.2) is 30.5 Å². The van der Waals surface area contributed by atoms with Gasteiger partial charge in [0.1, 0.15) is 22.9 Å². The third kappa shape index (κ3) is 3.28. The Morgan fingerprint density at radius 1 is 1.17 bits per heavy atom. The minimum atomic E-state index is -0.221. The van der Waals surface area contributed by atoms with Gasteiger partial charge in [-0.15, -0.1) is 0 Å². The predicted octanol–water partition coefficient (Wildman–Crippen LogP) is 3.24. The molecule has 23 heavy (non-hydrogen) atoms. The minimum absolute atomic E-state index is 0.221. The number of halogens is 1. The number of rotatable bonds is 5. The largest absolute Gasteiger partial charge is 0.497 e. The van der Waals surface area contributed by atoms with E-state index < -0.39 is 0 Å². The van der Waals surface area contributed by atoms with Crippen molar-refractivity contribution in [3.8, 4) is 5.75 Å². The Balaban J connectivity index is 1.91. The molecule has 3 rings (SSSR count). The molecule has 0 radical (unpaired) electrons. The molecule has 120 valence electrons. The maximum absolute atomic E-state index is 6.22. The van der Waals surface area contributed by atoms with Crippen molar-refractivity contribution in [1.82, 2.24) is 19.7 Å². The Morgan fingerprint density at radius 3 is 2.57 bits per heavy atom. The molecule has 0 spiro atoms. The van der Waals surface area contributed by atoms with E-state index in [2.05, 4.69) is 15.1 Å². The Bertz CT molecular complexity index is 817. The van der Waals surface area contributed by atoms with Crippen molar-refractivity contribution < 1.29 is 9.47 Å². The van der Waals surface area contributed by atoms with Gasteiger partial charge in [-0.25, -0.2) is 9.97 Å². The summed E-state index contributed by atoms with van der Waals surface area (Å²) in [7, 11) is 3.26. The molecule has 0 N–H and O–H groups in total. The van der Waals surface area contributed by atoms with E-state index in [0.717, 1.165) is 11.3 Å². The van der Waals surface area contributed by atoms with Gasteiger partial charge in [0.15, 0.2) is 11.0 Å². The summed E-state index contributed by atoms with van der Waals surface area (Å²) in [6.45, 7) is 2.49. The molecule has 0 saturated carbocycles.